The van der Waals surface area contributed by atoms with E-state index in [0.29, 0.717) is 0 Å². The lowest BCUT2D eigenvalue weighted by Crippen LogP contribution is -2.45. The summed E-state index contributed by atoms with van der Waals surface area (Å²) in [7, 11) is -1.20. The number of alkyl halides is 3. The molecule has 11 heteroatoms. The normalized spacial score (nSPS) is 23.4. The maximum atomic E-state index is 13.9. The van der Waals surface area contributed by atoms with Crippen molar-refractivity contribution < 1.29 is 36.7 Å². The van der Waals surface area contributed by atoms with E-state index in [0.717, 1.165) is 0 Å². The van der Waals surface area contributed by atoms with E-state index in [-0.39, 0.29) is 30.9 Å². The number of amides is 1. The number of carbonyl (C=O) groups is 1. The Morgan fingerprint density at radius 2 is 1.75 bits per heavy atom. The summed E-state index contributed by atoms with van der Waals surface area (Å²) in [5, 5.41) is 0. The third-order valence-electron chi connectivity index (χ3n) is 5.77. The molecule has 1 aromatic heterocycles. The lowest BCUT2D eigenvalue weighted by atomic mass is 9.77. The third kappa shape index (κ3) is 5.21. The molecule has 0 saturated carbocycles. The molecule has 32 heavy (non-hydrogen) atoms. The van der Waals surface area contributed by atoms with E-state index in [1.807, 2.05) is 0 Å². The molecule has 0 spiro atoms. The van der Waals surface area contributed by atoms with Gasteiger partial charge in [0, 0.05) is 12.0 Å². The van der Waals surface area contributed by atoms with Crippen LogP contribution in [0.4, 0.5) is 18.0 Å². The Balaban J connectivity index is 1.87. The largest absolute Gasteiger partial charge is 0.497 e. The van der Waals surface area contributed by atoms with E-state index in [1.54, 1.807) is 48.5 Å². The second-order valence-electron chi connectivity index (χ2n) is 10.0. The summed E-state index contributed by atoms with van der Waals surface area (Å²) in [6.45, 7) is 12.8. The Bertz CT molecular complexity index is 854. The highest BCUT2D eigenvalue weighted by molar-refractivity contribution is 6.62. The molecule has 0 aliphatic carbocycles. The van der Waals surface area contributed by atoms with Crippen LogP contribution in [0.5, 0.6) is 0 Å². The predicted octanol–water partition coefficient (Wildman–Crippen LogP) is 3.71. The Morgan fingerprint density at radius 1 is 1.16 bits per heavy atom. The van der Waals surface area contributed by atoms with Crippen molar-refractivity contribution in [2.24, 2.45) is 0 Å². The van der Waals surface area contributed by atoms with Gasteiger partial charge in [0.15, 0.2) is 0 Å². The Kier molecular flexibility index (Phi) is 6.34. The van der Waals surface area contributed by atoms with Gasteiger partial charge in [0.1, 0.15) is 17.4 Å². The molecule has 2 saturated heterocycles. The number of ether oxygens (including phenoxy) is 2. The number of morpholine rings is 1. The van der Waals surface area contributed by atoms with Crippen LogP contribution in [0.25, 0.3) is 0 Å². The summed E-state index contributed by atoms with van der Waals surface area (Å²) >= 11 is 0. The molecule has 7 nitrogen and oxygen atoms in total. The maximum absolute atomic E-state index is 13.9. The number of carbonyl (C=O) groups excluding carboxylic acids is 1. The minimum atomic E-state index is -4.73. The molecule has 0 aromatic carbocycles. The second kappa shape index (κ2) is 8.18. The van der Waals surface area contributed by atoms with E-state index < -0.39 is 48.0 Å². The Hall–Kier alpha value is -1.85. The first-order valence-electron chi connectivity index (χ1n) is 10.5. The van der Waals surface area contributed by atoms with Crippen molar-refractivity contribution in [3.05, 3.63) is 23.5 Å². The van der Waals surface area contributed by atoms with Crippen LogP contribution in [0.2, 0.25) is 0 Å². The van der Waals surface area contributed by atoms with Crippen LogP contribution in [0.1, 0.15) is 66.0 Å². The molecule has 1 unspecified atom stereocenters. The Labute approximate surface area is 186 Å². The monoisotopic (exact) mass is 458 g/mol. The van der Waals surface area contributed by atoms with Crippen LogP contribution in [-0.2, 0) is 25.0 Å². The molecule has 0 radical (unpaired) electrons. The molecule has 2 fully saturated rings. The topological polar surface area (TPSA) is 70.1 Å². The second-order valence-corrected chi connectivity index (χ2v) is 10.0. The number of hydrogen-bond acceptors (Lipinski definition) is 6. The van der Waals surface area contributed by atoms with Crippen LogP contribution in [0.3, 0.4) is 0 Å². The zero-order chi connectivity index (χ0) is 24.1. The highest BCUT2D eigenvalue weighted by Crippen LogP contribution is 2.38. The minimum Gasteiger partial charge on any atom is -0.444 e. The van der Waals surface area contributed by atoms with Crippen molar-refractivity contribution in [3.8, 4) is 0 Å². The number of pyridine rings is 1. The molecular formula is C21H30BF3N2O5. The lowest BCUT2D eigenvalue weighted by molar-refractivity contribution is -0.140. The molecular weight excluding hydrogens is 428 g/mol. The number of halogens is 3. The molecule has 178 valence electrons. The number of nitrogens with zero attached hydrogens (tertiary/aromatic N) is 2. The summed E-state index contributed by atoms with van der Waals surface area (Å²) in [4.78, 5) is 17.7. The summed E-state index contributed by atoms with van der Waals surface area (Å²) in [5.41, 5.74) is -3.48. The number of rotatable bonds is 2. The van der Waals surface area contributed by atoms with Crippen molar-refractivity contribution >= 4 is 18.7 Å². The molecule has 0 bridgehead atoms. The van der Waals surface area contributed by atoms with Gasteiger partial charge in [-0.25, -0.2) is 9.78 Å². The van der Waals surface area contributed by atoms with Crippen molar-refractivity contribution in [2.45, 2.75) is 77.5 Å². The first kappa shape index (κ1) is 24.8. The van der Waals surface area contributed by atoms with Crippen molar-refractivity contribution in [1.29, 1.82) is 0 Å². The van der Waals surface area contributed by atoms with Crippen LogP contribution in [0.15, 0.2) is 12.1 Å². The van der Waals surface area contributed by atoms with E-state index in [4.69, 9.17) is 18.8 Å². The van der Waals surface area contributed by atoms with Gasteiger partial charge in [0.25, 0.3) is 0 Å². The summed E-state index contributed by atoms with van der Waals surface area (Å²) in [5.74, 6) is 0. The summed E-state index contributed by atoms with van der Waals surface area (Å²) in [6.07, 6.45) is -6.09. The average molecular weight is 458 g/mol. The fourth-order valence-electron chi connectivity index (χ4n) is 3.37. The molecule has 3 heterocycles. The SMILES string of the molecule is CC(C)(C)OC(=O)N1CCOC(c2ccc(B3OC(C)(C)C(C)(C)O3)c(C(F)(F)F)n2)C1. The lowest BCUT2D eigenvalue weighted by Gasteiger charge is -2.34. The fourth-order valence-corrected chi connectivity index (χ4v) is 3.37. The van der Waals surface area contributed by atoms with Gasteiger partial charge in [-0.05, 0) is 54.5 Å². The van der Waals surface area contributed by atoms with Gasteiger partial charge in [-0.3, -0.25) is 0 Å². The maximum Gasteiger partial charge on any atom is 0.497 e. The highest BCUT2D eigenvalue weighted by atomic mass is 19.4. The standard InChI is InChI=1S/C21H30BF3N2O5/c1-18(2,3)30-17(28)27-10-11-29-15(12-27)14-9-8-13(16(26-14)21(23,24)25)22-31-19(4,5)20(6,7)32-22/h8-9,15H,10-12H2,1-7H3. The van der Waals surface area contributed by atoms with Crippen molar-refractivity contribution in [3.63, 3.8) is 0 Å². The van der Waals surface area contributed by atoms with Gasteiger partial charge in [-0.15, -0.1) is 0 Å². The third-order valence-corrected chi connectivity index (χ3v) is 5.77. The average Bonchev–Trinajstić information content (AvgIpc) is 2.86. The predicted molar refractivity (Wildman–Crippen MR) is 111 cm³/mol. The van der Waals surface area contributed by atoms with Gasteiger partial charge in [-0.2, -0.15) is 13.2 Å². The van der Waals surface area contributed by atoms with E-state index in [1.165, 1.54) is 17.0 Å². The van der Waals surface area contributed by atoms with Gasteiger partial charge >= 0.3 is 19.4 Å². The van der Waals surface area contributed by atoms with E-state index >= 15 is 0 Å². The molecule has 1 atom stereocenters. The van der Waals surface area contributed by atoms with Crippen LogP contribution >= 0.6 is 0 Å². The first-order chi connectivity index (χ1) is 14.5. The highest BCUT2D eigenvalue weighted by Gasteiger charge is 2.54. The number of aromatic nitrogens is 1. The quantitative estimate of drug-likeness (QED) is 0.630. The van der Waals surface area contributed by atoms with Crippen molar-refractivity contribution in [1.82, 2.24) is 9.88 Å². The molecule has 2 aliphatic heterocycles. The Morgan fingerprint density at radius 3 is 2.28 bits per heavy atom. The van der Waals surface area contributed by atoms with Crippen molar-refractivity contribution in [2.75, 3.05) is 19.7 Å². The zero-order valence-corrected chi connectivity index (χ0v) is 19.5. The van der Waals surface area contributed by atoms with E-state index in [9.17, 15) is 18.0 Å². The van der Waals surface area contributed by atoms with Gasteiger partial charge in [0.05, 0.1) is 30.0 Å². The smallest absolute Gasteiger partial charge is 0.444 e. The summed E-state index contributed by atoms with van der Waals surface area (Å²) < 4.78 is 64.4. The number of hydrogen-bond donors (Lipinski definition) is 0. The fraction of sp³-hybridized carbons (Fsp3) is 0.714. The summed E-state index contributed by atoms with van der Waals surface area (Å²) in [6, 6.07) is 2.77. The molecule has 1 aromatic rings. The van der Waals surface area contributed by atoms with Gasteiger partial charge < -0.3 is 23.7 Å². The van der Waals surface area contributed by atoms with Gasteiger partial charge in [-0.1, -0.05) is 6.07 Å². The van der Waals surface area contributed by atoms with Crippen LogP contribution < -0.4 is 5.46 Å². The van der Waals surface area contributed by atoms with Crippen LogP contribution in [0, 0.1) is 0 Å². The first-order valence-corrected chi connectivity index (χ1v) is 10.5. The van der Waals surface area contributed by atoms with Crippen LogP contribution in [-0.4, -0.2) is 59.6 Å². The molecule has 3 rings (SSSR count). The molecule has 1 amide bonds. The van der Waals surface area contributed by atoms with E-state index in [2.05, 4.69) is 4.98 Å². The zero-order valence-electron chi connectivity index (χ0n) is 19.5. The molecule has 2 aliphatic rings. The minimum absolute atomic E-state index is 0.0368. The molecule has 0 N–H and O–H groups in total. The van der Waals surface area contributed by atoms with Gasteiger partial charge in [0.2, 0.25) is 0 Å².